The second-order valence-electron chi connectivity index (χ2n) is 2.22. The molecule has 1 heterocycles. The van der Waals surface area contributed by atoms with Crippen molar-refractivity contribution < 1.29 is 4.21 Å². The lowest BCUT2D eigenvalue weighted by molar-refractivity contribution is 0.683. The summed E-state index contributed by atoms with van der Waals surface area (Å²) in [7, 11) is -0.919. The fourth-order valence-corrected chi connectivity index (χ4v) is 2.07. The minimum absolute atomic E-state index is 0.589. The van der Waals surface area contributed by atoms with Crippen LogP contribution in [-0.4, -0.2) is 9.96 Å². The van der Waals surface area contributed by atoms with Crippen molar-refractivity contribution >= 4 is 11.0 Å². The Balaban J connectivity index is 2.89. The van der Waals surface area contributed by atoms with Gasteiger partial charge in [-0.25, -0.2) is 4.21 Å². The van der Waals surface area contributed by atoms with Crippen LogP contribution in [0.3, 0.4) is 0 Å². The van der Waals surface area contributed by atoms with Gasteiger partial charge < -0.3 is 4.72 Å². The van der Waals surface area contributed by atoms with Gasteiger partial charge in [0.15, 0.2) is 0 Å². The Morgan fingerprint density at radius 2 is 2.45 bits per heavy atom. The summed E-state index contributed by atoms with van der Waals surface area (Å²) in [5.74, 6) is 0.589. The highest BCUT2D eigenvalue weighted by atomic mass is 32.2. The Morgan fingerprint density at radius 1 is 1.73 bits per heavy atom. The van der Waals surface area contributed by atoms with Gasteiger partial charge in [-0.1, -0.05) is 24.8 Å². The second kappa shape index (κ2) is 3.53. The van der Waals surface area contributed by atoms with Crippen LogP contribution in [0.25, 0.3) is 0 Å². The molecule has 1 aliphatic heterocycles. The first-order valence-electron chi connectivity index (χ1n) is 3.41. The minimum atomic E-state index is -0.919. The third kappa shape index (κ3) is 1.80. The first-order chi connectivity index (χ1) is 5.27. The van der Waals surface area contributed by atoms with Crippen LogP contribution < -0.4 is 4.72 Å². The highest BCUT2D eigenvalue weighted by Crippen LogP contribution is 2.15. The van der Waals surface area contributed by atoms with Crippen LogP contribution >= 0.6 is 0 Å². The molecule has 0 aromatic carbocycles. The lowest BCUT2D eigenvalue weighted by Gasteiger charge is -1.94. The van der Waals surface area contributed by atoms with E-state index in [4.69, 9.17) is 0 Å². The van der Waals surface area contributed by atoms with E-state index in [2.05, 4.69) is 11.3 Å². The smallest absolute Gasteiger partial charge is 0.121 e. The number of hydrogen-bond donors (Lipinski definition) is 1. The summed E-state index contributed by atoms with van der Waals surface area (Å²) in [4.78, 5) is 0. The van der Waals surface area contributed by atoms with Crippen molar-refractivity contribution in [2.45, 2.75) is 6.92 Å². The Hall–Kier alpha value is -0.830. The number of rotatable bonds is 1. The molecule has 60 valence electrons. The molecule has 1 unspecified atom stereocenters. The molecule has 1 fully saturated rings. The first-order valence-corrected chi connectivity index (χ1v) is 4.73. The highest BCUT2D eigenvalue weighted by Gasteiger charge is 2.17. The lowest BCUT2D eigenvalue weighted by Crippen LogP contribution is -2.05. The highest BCUT2D eigenvalue weighted by molar-refractivity contribution is 7.83. The van der Waals surface area contributed by atoms with E-state index in [-0.39, 0.29) is 0 Å². The van der Waals surface area contributed by atoms with E-state index in [0.717, 1.165) is 11.3 Å². The minimum Gasteiger partial charge on any atom is -0.305 e. The van der Waals surface area contributed by atoms with Gasteiger partial charge in [-0.3, -0.25) is 0 Å². The molecule has 0 bridgehead atoms. The van der Waals surface area contributed by atoms with E-state index in [9.17, 15) is 4.21 Å². The summed E-state index contributed by atoms with van der Waals surface area (Å²) < 4.78 is 13.8. The van der Waals surface area contributed by atoms with Gasteiger partial charge in [0.25, 0.3) is 0 Å². The molecule has 0 aliphatic carbocycles. The molecule has 0 aromatic rings. The van der Waals surface area contributed by atoms with Crippen LogP contribution in [0.4, 0.5) is 0 Å². The quantitative estimate of drug-likeness (QED) is 0.629. The maximum Gasteiger partial charge on any atom is 0.121 e. The second-order valence-corrected chi connectivity index (χ2v) is 3.41. The van der Waals surface area contributed by atoms with Crippen molar-refractivity contribution in [1.82, 2.24) is 4.72 Å². The third-order valence-corrected chi connectivity index (χ3v) is 2.48. The fraction of sp³-hybridized carbons (Fsp3) is 0.250. The Bertz CT molecular complexity index is 253. The summed E-state index contributed by atoms with van der Waals surface area (Å²) in [5.41, 5.74) is 2.03. The Morgan fingerprint density at radius 3 is 3.00 bits per heavy atom. The SMILES string of the molecule is C=C/C=C1/CS(=O)N/C1=C/C. The predicted octanol–water partition coefficient (Wildman–Crippen LogP) is 1.27. The molecular weight excluding hydrogens is 158 g/mol. The first kappa shape index (κ1) is 8.27. The molecule has 11 heavy (non-hydrogen) atoms. The summed E-state index contributed by atoms with van der Waals surface area (Å²) in [6.45, 7) is 5.51. The molecule has 3 heteroatoms. The average Bonchev–Trinajstić information content (AvgIpc) is 2.32. The van der Waals surface area contributed by atoms with Crippen LogP contribution in [0.1, 0.15) is 6.92 Å². The van der Waals surface area contributed by atoms with Crippen molar-refractivity contribution in [2.75, 3.05) is 5.75 Å². The van der Waals surface area contributed by atoms with E-state index in [1.165, 1.54) is 0 Å². The van der Waals surface area contributed by atoms with E-state index in [1.807, 2.05) is 19.1 Å². The molecule has 0 spiro atoms. The number of nitrogens with one attached hydrogen (secondary N) is 1. The maximum absolute atomic E-state index is 11.0. The zero-order valence-electron chi connectivity index (χ0n) is 6.46. The number of hydrogen-bond acceptors (Lipinski definition) is 1. The van der Waals surface area contributed by atoms with Crippen LogP contribution in [0.2, 0.25) is 0 Å². The molecule has 1 saturated heterocycles. The topological polar surface area (TPSA) is 29.1 Å². The van der Waals surface area contributed by atoms with Gasteiger partial charge in [-0.2, -0.15) is 0 Å². The fourth-order valence-electron chi connectivity index (χ4n) is 0.968. The van der Waals surface area contributed by atoms with Gasteiger partial charge in [0.05, 0.1) is 5.75 Å². The lowest BCUT2D eigenvalue weighted by atomic mass is 10.2. The summed E-state index contributed by atoms with van der Waals surface area (Å²) in [6.07, 6.45) is 5.51. The zero-order chi connectivity index (χ0) is 8.27. The predicted molar refractivity (Wildman–Crippen MR) is 48.2 cm³/mol. The van der Waals surface area contributed by atoms with Crippen molar-refractivity contribution in [3.05, 3.63) is 36.1 Å². The molecule has 1 aliphatic rings. The molecule has 0 aromatic heterocycles. The molecule has 1 rings (SSSR count). The number of allylic oxidation sites excluding steroid dienone is 4. The normalized spacial score (nSPS) is 30.8. The Kier molecular flexibility index (Phi) is 2.65. The van der Waals surface area contributed by atoms with Gasteiger partial charge >= 0.3 is 0 Å². The molecular formula is C8H11NOS. The average molecular weight is 169 g/mol. The molecule has 1 atom stereocenters. The van der Waals surface area contributed by atoms with Crippen LogP contribution in [0.15, 0.2) is 36.1 Å². The van der Waals surface area contributed by atoms with Crippen molar-refractivity contribution in [3.63, 3.8) is 0 Å². The van der Waals surface area contributed by atoms with Gasteiger partial charge in [0.2, 0.25) is 0 Å². The largest absolute Gasteiger partial charge is 0.305 e. The molecule has 0 radical (unpaired) electrons. The monoisotopic (exact) mass is 169 g/mol. The van der Waals surface area contributed by atoms with Crippen LogP contribution in [-0.2, 0) is 11.0 Å². The summed E-state index contributed by atoms with van der Waals surface area (Å²) in [6, 6.07) is 0. The van der Waals surface area contributed by atoms with Gasteiger partial charge in [-0.15, -0.1) is 0 Å². The molecule has 0 saturated carbocycles. The van der Waals surface area contributed by atoms with Crippen molar-refractivity contribution in [1.29, 1.82) is 0 Å². The third-order valence-electron chi connectivity index (χ3n) is 1.46. The Labute approximate surface area is 69.3 Å². The van der Waals surface area contributed by atoms with Gasteiger partial charge in [-0.05, 0) is 12.5 Å². The standard InChI is InChI=1S/C8H11NOS/c1-3-5-7-6-11(10)9-8(7)4-2/h3-5,9H,1,6H2,2H3/b7-5-,8-4+. The van der Waals surface area contributed by atoms with Crippen LogP contribution in [0.5, 0.6) is 0 Å². The van der Waals surface area contributed by atoms with Crippen molar-refractivity contribution in [2.24, 2.45) is 0 Å². The molecule has 1 N–H and O–H groups in total. The summed E-state index contributed by atoms with van der Waals surface area (Å²) in [5, 5.41) is 0. The summed E-state index contributed by atoms with van der Waals surface area (Å²) >= 11 is 0. The van der Waals surface area contributed by atoms with Gasteiger partial charge in [0.1, 0.15) is 11.0 Å². The van der Waals surface area contributed by atoms with E-state index in [0.29, 0.717) is 5.75 Å². The van der Waals surface area contributed by atoms with E-state index >= 15 is 0 Å². The maximum atomic E-state index is 11.0. The molecule has 0 amide bonds. The zero-order valence-corrected chi connectivity index (χ0v) is 7.28. The van der Waals surface area contributed by atoms with Crippen molar-refractivity contribution in [3.8, 4) is 0 Å². The van der Waals surface area contributed by atoms with E-state index < -0.39 is 11.0 Å². The molecule has 2 nitrogen and oxygen atoms in total. The van der Waals surface area contributed by atoms with Crippen LogP contribution in [0, 0.1) is 0 Å². The van der Waals surface area contributed by atoms with E-state index in [1.54, 1.807) is 6.08 Å². The van der Waals surface area contributed by atoms with Gasteiger partial charge in [0, 0.05) is 5.70 Å².